The number of nitrogens with zero attached hydrogens (tertiary/aromatic N) is 1. The van der Waals surface area contributed by atoms with Crippen molar-refractivity contribution in [3.8, 4) is 5.75 Å². The van der Waals surface area contributed by atoms with Crippen LogP contribution in [0.1, 0.15) is 29.5 Å². The zero-order valence-electron chi connectivity index (χ0n) is 14.3. The van der Waals surface area contributed by atoms with Crippen LogP contribution in [0.5, 0.6) is 5.75 Å². The number of para-hydroxylation sites is 1. The van der Waals surface area contributed by atoms with Crippen LogP contribution in [0.25, 0.3) is 0 Å². The van der Waals surface area contributed by atoms with Crippen molar-refractivity contribution >= 4 is 0 Å². The summed E-state index contributed by atoms with van der Waals surface area (Å²) in [5.74, 6) is -0.00539. The number of benzene rings is 2. The molecule has 3 aliphatic heterocycles. The maximum Gasteiger partial charge on any atom is 0.226 e. The summed E-state index contributed by atoms with van der Waals surface area (Å²) >= 11 is 0. The molecule has 0 bridgehead atoms. The van der Waals surface area contributed by atoms with Gasteiger partial charge in [0.25, 0.3) is 0 Å². The Labute approximate surface area is 148 Å². The number of hydrogen-bond acceptors (Lipinski definition) is 4. The molecule has 2 unspecified atom stereocenters. The average molecular weight is 337 g/mol. The molecule has 0 amide bonds. The van der Waals surface area contributed by atoms with Crippen LogP contribution in [-0.4, -0.2) is 37.2 Å². The first-order valence-corrected chi connectivity index (χ1v) is 9.20. The normalized spacial score (nSPS) is 28.4. The van der Waals surface area contributed by atoms with Gasteiger partial charge in [-0.1, -0.05) is 36.4 Å². The molecule has 4 heteroatoms. The molecule has 2 aromatic carbocycles. The van der Waals surface area contributed by atoms with Crippen molar-refractivity contribution in [2.45, 2.75) is 31.3 Å². The van der Waals surface area contributed by atoms with Gasteiger partial charge in [0.2, 0.25) is 5.79 Å². The molecule has 25 heavy (non-hydrogen) atoms. The molecule has 2 aromatic rings. The molecule has 0 aliphatic carbocycles. The molecule has 2 saturated heterocycles. The molecule has 1 spiro atoms. The molecule has 0 aromatic heterocycles. The van der Waals surface area contributed by atoms with Crippen LogP contribution < -0.4 is 4.74 Å². The van der Waals surface area contributed by atoms with E-state index in [2.05, 4.69) is 29.2 Å². The highest BCUT2D eigenvalue weighted by atomic mass is 16.7. The fraction of sp³-hybridized carbons (Fsp3) is 0.429. The van der Waals surface area contributed by atoms with Crippen LogP contribution >= 0.6 is 0 Å². The average Bonchev–Trinajstić information content (AvgIpc) is 3.29. The van der Waals surface area contributed by atoms with E-state index in [0.29, 0.717) is 13.2 Å². The largest absolute Gasteiger partial charge is 0.488 e. The third kappa shape index (κ3) is 2.56. The lowest BCUT2D eigenvalue weighted by atomic mass is 9.93. The quantitative estimate of drug-likeness (QED) is 0.841. The van der Waals surface area contributed by atoms with Gasteiger partial charge in [-0.05, 0) is 43.6 Å². The number of ether oxygens (including phenoxy) is 3. The van der Waals surface area contributed by atoms with Gasteiger partial charge >= 0.3 is 0 Å². The van der Waals surface area contributed by atoms with Crippen LogP contribution in [0.2, 0.25) is 0 Å². The van der Waals surface area contributed by atoms with Gasteiger partial charge in [-0.2, -0.15) is 0 Å². The molecule has 5 rings (SSSR count). The summed E-state index contributed by atoms with van der Waals surface area (Å²) < 4.78 is 19.1. The molecule has 130 valence electrons. The third-order valence-corrected chi connectivity index (χ3v) is 5.46. The summed E-state index contributed by atoms with van der Waals surface area (Å²) in [6.07, 6.45) is 2.66. The van der Waals surface area contributed by atoms with Crippen LogP contribution in [0.3, 0.4) is 0 Å². The van der Waals surface area contributed by atoms with E-state index in [1.807, 2.05) is 24.3 Å². The first-order valence-electron chi connectivity index (χ1n) is 9.20. The second-order valence-corrected chi connectivity index (χ2v) is 7.12. The van der Waals surface area contributed by atoms with Gasteiger partial charge in [0.1, 0.15) is 12.4 Å². The molecule has 2 atom stereocenters. The maximum atomic E-state index is 6.64. The Hall–Kier alpha value is -1.88. The number of hydrogen-bond donors (Lipinski definition) is 0. The summed E-state index contributed by atoms with van der Waals surface area (Å²) in [7, 11) is 0. The van der Waals surface area contributed by atoms with Crippen LogP contribution in [0.4, 0.5) is 0 Å². The second-order valence-electron chi connectivity index (χ2n) is 7.12. The van der Waals surface area contributed by atoms with Gasteiger partial charge in [0.15, 0.2) is 0 Å². The summed E-state index contributed by atoms with van der Waals surface area (Å²) in [6, 6.07) is 16.4. The Morgan fingerprint density at radius 3 is 2.60 bits per heavy atom. The zero-order valence-corrected chi connectivity index (χ0v) is 14.3. The summed E-state index contributed by atoms with van der Waals surface area (Å²) in [5, 5.41) is 0. The highest BCUT2D eigenvalue weighted by Crippen LogP contribution is 2.47. The van der Waals surface area contributed by atoms with Crippen molar-refractivity contribution in [2.75, 3.05) is 26.2 Å². The van der Waals surface area contributed by atoms with Crippen molar-refractivity contribution < 1.29 is 14.2 Å². The summed E-state index contributed by atoms with van der Waals surface area (Å²) in [5.41, 5.74) is 3.17. The lowest BCUT2D eigenvalue weighted by Gasteiger charge is -2.30. The van der Waals surface area contributed by atoms with E-state index >= 15 is 0 Å². The van der Waals surface area contributed by atoms with Gasteiger partial charge in [0, 0.05) is 12.1 Å². The topological polar surface area (TPSA) is 30.9 Å². The Morgan fingerprint density at radius 2 is 1.72 bits per heavy atom. The van der Waals surface area contributed by atoms with Gasteiger partial charge in [-0.15, -0.1) is 0 Å². The molecular formula is C21H23NO3. The summed E-state index contributed by atoms with van der Waals surface area (Å²) in [4.78, 5) is 2.48. The van der Waals surface area contributed by atoms with Crippen LogP contribution in [0, 0.1) is 0 Å². The predicted molar refractivity (Wildman–Crippen MR) is 94.5 cm³/mol. The predicted octanol–water partition coefficient (Wildman–Crippen LogP) is 3.29. The van der Waals surface area contributed by atoms with E-state index < -0.39 is 5.79 Å². The fourth-order valence-electron chi connectivity index (χ4n) is 4.27. The van der Waals surface area contributed by atoms with E-state index in [0.717, 1.165) is 29.0 Å². The third-order valence-electron chi connectivity index (χ3n) is 5.46. The van der Waals surface area contributed by atoms with Crippen molar-refractivity contribution in [1.29, 1.82) is 0 Å². The minimum atomic E-state index is -0.853. The second kappa shape index (κ2) is 6.13. The van der Waals surface area contributed by atoms with Gasteiger partial charge < -0.3 is 19.1 Å². The Bertz CT molecular complexity index is 722. The minimum absolute atomic E-state index is 0.0808. The monoisotopic (exact) mass is 337 g/mol. The number of rotatable bonds is 2. The van der Waals surface area contributed by atoms with E-state index in [4.69, 9.17) is 14.2 Å². The minimum Gasteiger partial charge on any atom is -0.488 e. The van der Waals surface area contributed by atoms with E-state index in [-0.39, 0.29) is 6.10 Å². The molecule has 2 fully saturated rings. The number of fused-ring (bicyclic) bond motifs is 4. The van der Waals surface area contributed by atoms with Crippen molar-refractivity contribution in [3.05, 3.63) is 65.2 Å². The number of likely N-dealkylation sites (tertiary alicyclic amines) is 1. The van der Waals surface area contributed by atoms with E-state index in [1.165, 1.54) is 25.9 Å². The highest BCUT2D eigenvalue weighted by molar-refractivity contribution is 5.48. The van der Waals surface area contributed by atoms with Crippen molar-refractivity contribution in [3.63, 3.8) is 0 Å². The molecule has 0 saturated carbocycles. The molecular weight excluding hydrogens is 314 g/mol. The van der Waals surface area contributed by atoms with Gasteiger partial charge in [-0.25, -0.2) is 0 Å². The van der Waals surface area contributed by atoms with Crippen molar-refractivity contribution in [2.24, 2.45) is 0 Å². The first-order chi connectivity index (χ1) is 12.4. The lowest BCUT2D eigenvalue weighted by Crippen LogP contribution is -2.34. The fourth-order valence-corrected chi connectivity index (χ4v) is 4.27. The first kappa shape index (κ1) is 15.4. The lowest BCUT2D eigenvalue weighted by molar-refractivity contribution is -0.144. The van der Waals surface area contributed by atoms with Gasteiger partial charge in [-0.3, -0.25) is 0 Å². The molecule has 3 aliphatic rings. The molecule has 4 nitrogen and oxygen atoms in total. The molecule has 3 heterocycles. The van der Waals surface area contributed by atoms with Crippen LogP contribution in [0.15, 0.2) is 48.5 Å². The molecule has 0 N–H and O–H groups in total. The Kier molecular flexibility index (Phi) is 3.77. The SMILES string of the molecule is c1ccc2c(c1)COc1ccccc1C21OCC(CN2CCCC2)O1. The van der Waals surface area contributed by atoms with E-state index in [1.54, 1.807) is 0 Å². The van der Waals surface area contributed by atoms with E-state index in [9.17, 15) is 0 Å². The Morgan fingerprint density at radius 1 is 0.960 bits per heavy atom. The smallest absolute Gasteiger partial charge is 0.226 e. The maximum absolute atomic E-state index is 6.64. The molecule has 0 radical (unpaired) electrons. The van der Waals surface area contributed by atoms with Crippen molar-refractivity contribution in [1.82, 2.24) is 4.90 Å². The highest BCUT2D eigenvalue weighted by Gasteiger charge is 2.49. The summed E-state index contributed by atoms with van der Waals surface area (Å²) in [6.45, 7) is 4.43. The zero-order chi connectivity index (χ0) is 16.7. The van der Waals surface area contributed by atoms with Crippen LogP contribution in [-0.2, 0) is 21.9 Å². The Balaban J connectivity index is 1.55. The van der Waals surface area contributed by atoms with Gasteiger partial charge in [0.05, 0.1) is 18.3 Å². The standard InChI is InChI=1S/C21H23NO3/c1-2-8-18-16(7-1)14-23-20-10-4-3-9-19(20)21(18)24-15-17(25-21)13-22-11-5-6-12-22/h1-4,7-10,17H,5-6,11-15H2.